The molecule has 0 N–H and O–H groups in total. The van der Waals surface area contributed by atoms with E-state index >= 15 is 0 Å². The second-order valence-electron chi connectivity index (χ2n) is 2.16. The van der Waals surface area contributed by atoms with Gasteiger partial charge in [0.1, 0.15) is 0 Å². The van der Waals surface area contributed by atoms with E-state index in [1.165, 1.54) is 0 Å². The van der Waals surface area contributed by atoms with E-state index in [-0.39, 0.29) is 0 Å². The van der Waals surface area contributed by atoms with Gasteiger partial charge in [-0.3, -0.25) is 4.79 Å². The van der Waals surface area contributed by atoms with Gasteiger partial charge >= 0.3 is 12.1 Å². The summed E-state index contributed by atoms with van der Waals surface area (Å²) in [5.41, 5.74) is 0. The molecule has 0 aromatic rings. The highest BCUT2D eigenvalue weighted by Gasteiger charge is 2.42. The number of rotatable bonds is 2. The largest absolute Gasteiger partial charge is 0.490 e. The summed E-state index contributed by atoms with van der Waals surface area (Å²) in [6.45, 7) is 2.11. The summed E-state index contributed by atoms with van der Waals surface area (Å²) in [6, 6.07) is 0. The molecule has 0 amide bonds. The first-order valence-corrected chi connectivity index (χ1v) is 3.03. The van der Waals surface area contributed by atoms with Crippen molar-refractivity contribution in [1.29, 1.82) is 0 Å². The average Bonchev–Trinajstić information content (AvgIpc) is 1.85. The van der Waals surface area contributed by atoms with Gasteiger partial charge in [-0.05, 0) is 13.8 Å². The molecule has 70 valence electrons. The van der Waals surface area contributed by atoms with Crippen LogP contribution in [-0.4, -0.2) is 24.0 Å². The zero-order valence-corrected chi connectivity index (χ0v) is 6.44. The molecular formula is C6H7F3O3. The van der Waals surface area contributed by atoms with E-state index in [2.05, 4.69) is 4.74 Å². The van der Waals surface area contributed by atoms with Gasteiger partial charge in [0.15, 0.2) is 11.9 Å². The van der Waals surface area contributed by atoms with Crippen LogP contribution in [0.1, 0.15) is 13.8 Å². The first-order chi connectivity index (χ1) is 5.25. The number of ether oxygens (including phenoxy) is 1. The predicted molar refractivity (Wildman–Crippen MR) is 32.3 cm³/mol. The molecule has 0 heterocycles. The summed E-state index contributed by atoms with van der Waals surface area (Å²) in [6.07, 6.45) is -6.39. The van der Waals surface area contributed by atoms with Crippen LogP contribution in [0.3, 0.4) is 0 Å². The molecule has 0 aliphatic rings. The van der Waals surface area contributed by atoms with E-state index in [1.807, 2.05) is 0 Å². The van der Waals surface area contributed by atoms with Crippen molar-refractivity contribution in [3.05, 3.63) is 0 Å². The van der Waals surface area contributed by atoms with E-state index in [1.54, 1.807) is 0 Å². The van der Waals surface area contributed by atoms with Crippen LogP contribution in [0.2, 0.25) is 0 Å². The Kier molecular flexibility index (Phi) is 3.24. The Morgan fingerprint density at radius 1 is 1.33 bits per heavy atom. The molecule has 0 saturated carbocycles. The van der Waals surface area contributed by atoms with Gasteiger partial charge in [-0.25, -0.2) is 4.79 Å². The highest BCUT2D eigenvalue weighted by atomic mass is 19.4. The summed E-state index contributed by atoms with van der Waals surface area (Å²) in [5.74, 6) is -2.97. The van der Waals surface area contributed by atoms with Gasteiger partial charge in [0.2, 0.25) is 0 Å². The fourth-order valence-electron chi connectivity index (χ4n) is 0.310. The van der Waals surface area contributed by atoms with Crippen LogP contribution in [0, 0.1) is 0 Å². The highest BCUT2D eigenvalue weighted by molar-refractivity contribution is 5.84. The van der Waals surface area contributed by atoms with Crippen LogP contribution < -0.4 is 0 Å². The maximum absolute atomic E-state index is 11.5. The quantitative estimate of drug-likeness (QED) is 0.603. The zero-order valence-electron chi connectivity index (χ0n) is 6.44. The van der Waals surface area contributed by atoms with Crippen molar-refractivity contribution < 1.29 is 27.5 Å². The van der Waals surface area contributed by atoms with Crippen LogP contribution in [0.15, 0.2) is 0 Å². The molecule has 0 rings (SSSR count). The monoisotopic (exact) mass is 184 g/mol. The lowest BCUT2D eigenvalue weighted by atomic mass is 10.3. The van der Waals surface area contributed by atoms with Crippen molar-refractivity contribution in [2.24, 2.45) is 0 Å². The second-order valence-corrected chi connectivity index (χ2v) is 2.16. The molecular weight excluding hydrogens is 177 g/mol. The van der Waals surface area contributed by atoms with Crippen LogP contribution >= 0.6 is 0 Å². The Balaban J connectivity index is 4.11. The van der Waals surface area contributed by atoms with Crippen molar-refractivity contribution in [3.63, 3.8) is 0 Å². The van der Waals surface area contributed by atoms with Crippen molar-refractivity contribution in [3.8, 4) is 0 Å². The number of ketones is 1. The molecule has 0 aromatic carbocycles. The van der Waals surface area contributed by atoms with Gasteiger partial charge in [-0.15, -0.1) is 0 Å². The minimum atomic E-state index is -5.04. The number of hydrogen-bond donors (Lipinski definition) is 0. The molecule has 0 aliphatic carbocycles. The predicted octanol–water partition coefficient (Wildman–Crippen LogP) is 1.07. The van der Waals surface area contributed by atoms with Crippen molar-refractivity contribution >= 4 is 11.8 Å². The summed E-state index contributed by atoms with van der Waals surface area (Å²) < 4.78 is 38.2. The van der Waals surface area contributed by atoms with Crippen LogP contribution in [0.5, 0.6) is 0 Å². The first kappa shape index (κ1) is 10.9. The van der Waals surface area contributed by atoms with Crippen LogP contribution in [0.4, 0.5) is 13.2 Å². The first-order valence-electron chi connectivity index (χ1n) is 3.03. The SMILES string of the molecule is CC(=O)C(C)OC(=O)C(F)(F)F. The van der Waals surface area contributed by atoms with Crippen molar-refractivity contribution in [1.82, 2.24) is 0 Å². The lowest BCUT2D eigenvalue weighted by Gasteiger charge is -2.10. The van der Waals surface area contributed by atoms with E-state index in [0.717, 1.165) is 13.8 Å². The minimum absolute atomic E-state index is 0.632. The molecule has 0 fully saturated rings. The third-order valence-corrected chi connectivity index (χ3v) is 1.09. The van der Waals surface area contributed by atoms with Gasteiger partial charge in [-0.2, -0.15) is 13.2 Å². The molecule has 1 unspecified atom stereocenters. The maximum Gasteiger partial charge on any atom is 0.490 e. The number of esters is 1. The third-order valence-electron chi connectivity index (χ3n) is 1.09. The molecule has 0 bridgehead atoms. The van der Waals surface area contributed by atoms with E-state index in [4.69, 9.17) is 0 Å². The summed E-state index contributed by atoms with van der Waals surface area (Å²) in [4.78, 5) is 20.4. The molecule has 12 heavy (non-hydrogen) atoms. The summed E-state index contributed by atoms with van der Waals surface area (Å²) >= 11 is 0. The third kappa shape index (κ3) is 3.36. The smallest absolute Gasteiger partial charge is 0.448 e. The maximum atomic E-state index is 11.5. The van der Waals surface area contributed by atoms with Gasteiger partial charge in [-0.1, -0.05) is 0 Å². The molecule has 6 heteroatoms. The average molecular weight is 184 g/mol. The fraction of sp³-hybridized carbons (Fsp3) is 0.667. The number of carbonyl (C=O) groups excluding carboxylic acids is 2. The molecule has 1 atom stereocenters. The molecule has 0 aromatic heterocycles. The van der Waals surface area contributed by atoms with Gasteiger partial charge < -0.3 is 4.74 Å². The molecule has 0 spiro atoms. The van der Waals surface area contributed by atoms with Gasteiger partial charge in [0.25, 0.3) is 0 Å². The van der Waals surface area contributed by atoms with E-state index in [9.17, 15) is 22.8 Å². The summed E-state index contributed by atoms with van der Waals surface area (Å²) in [7, 11) is 0. The Morgan fingerprint density at radius 2 is 1.75 bits per heavy atom. The number of alkyl halides is 3. The zero-order chi connectivity index (χ0) is 9.94. The number of Topliss-reactive ketones (excluding diaryl/α,β-unsaturated/α-hetero) is 1. The Morgan fingerprint density at radius 3 is 2.00 bits per heavy atom. The molecule has 0 saturated heterocycles. The van der Waals surface area contributed by atoms with E-state index in [0.29, 0.717) is 0 Å². The Labute approximate surface area is 66.5 Å². The van der Waals surface area contributed by atoms with Crippen LogP contribution in [0.25, 0.3) is 0 Å². The molecule has 3 nitrogen and oxygen atoms in total. The Hall–Kier alpha value is -1.07. The van der Waals surface area contributed by atoms with E-state index < -0.39 is 24.0 Å². The second kappa shape index (κ2) is 3.55. The normalized spacial score (nSPS) is 13.8. The standard InChI is InChI=1S/C6H7F3O3/c1-3(10)4(2)12-5(11)6(7,8)9/h4H,1-2H3. The minimum Gasteiger partial charge on any atom is -0.448 e. The lowest BCUT2D eigenvalue weighted by molar-refractivity contribution is -0.204. The summed E-state index contributed by atoms with van der Waals surface area (Å²) in [5, 5.41) is 0. The van der Waals surface area contributed by atoms with Gasteiger partial charge in [0, 0.05) is 0 Å². The topological polar surface area (TPSA) is 43.4 Å². The molecule has 0 aliphatic heterocycles. The van der Waals surface area contributed by atoms with Crippen molar-refractivity contribution in [2.45, 2.75) is 26.1 Å². The van der Waals surface area contributed by atoms with Crippen molar-refractivity contribution in [2.75, 3.05) is 0 Å². The number of carbonyl (C=O) groups is 2. The number of hydrogen-bond acceptors (Lipinski definition) is 3. The lowest BCUT2D eigenvalue weighted by Crippen LogP contribution is -2.31. The fourth-order valence-corrected chi connectivity index (χ4v) is 0.310. The Bertz CT molecular complexity index is 197. The van der Waals surface area contributed by atoms with Crippen LogP contribution in [-0.2, 0) is 14.3 Å². The van der Waals surface area contributed by atoms with Gasteiger partial charge in [0.05, 0.1) is 0 Å². The molecule has 0 radical (unpaired) electrons. The highest BCUT2D eigenvalue weighted by Crippen LogP contribution is 2.17. The number of halogens is 3.